The fourth-order valence-electron chi connectivity index (χ4n) is 7.41. The summed E-state index contributed by atoms with van der Waals surface area (Å²) in [4.78, 5) is 74.8. The maximum atomic E-state index is 14.9. The second-order valence-corrected chi connectivity index (χ2v) is 16.9. The van der Waals surface area contributed by atoms with Gasteiger partial charge in [-0.2, -0.15) is 0 Å². The zero-order valence-electron chi connectivity index (χ0n) is 32.3. The van der Waals surface area contributed by atoms with Gasteiger partial charge in [0.2, 0.25) is 17.7 Å². The second kappa shape index (κ2) is 19.1. The Morgan fingerprint density at radius 3 is 2.39 bits per heavy atom. The number of piperidine rings is 1. The maximum Gasteiger partial charge on any atom is 0.406 e. The molecule has 0 aromatic heterocycles. The number of nitrogens with one attached hydrogen (secondary N) is 4. The number of nitrogens with zero attached hydrogens (tertiary/aromatic N) is 2. The number of Topliss-reactive ketones (excluding diaryl/α,β-unsaturated/α-hetero) is 1. The van der Waals surface area contributed by atoms with E-state index < -0.39 is 58.4 Å². The molecule has 2 heterocycles. The SMILES string of the molecule is C#CCSC(NC(=O)[C@@H]1C[C@@H](C=C(C)C)CN1C(=O)[C@@H](NC(=O)N[C@H](CN1CCCCC1=O)C(C)(C)C)C1Cc2ccccc2C1)C(=O)C(O)=[NH+]CC=C. The fraction of sp³-hybridized carbons (Fsp3) is 0.561. The van der Waals surface area contributed by atoms with Gasteiger partial charge in [-0.3, -0.25) is 19.2 Å². The molecule has 54 heavy (non-hydrogen) atoms. The molecule has 292 valence electrons. The molecule has 12 nitrogen and oxygen atoms in total. The summed E-state index contributed by atoms with van der Waals surface area (Å²) in [5, 5.41) is 18.1. The lowest BCUT2D eigenvalue weighted by atomic mass is 9.86. The summed E-state index contributed by atoms with van der Waals surface area (Å²) in [7, 11) is 0. The Balaban J connectivity index is 1.63. The van der Waals surface area contributed by atoms with E-state index >= 15 is 0 Å². The quantitative estimate of drug-likeness (QED) is 0.0603. The first-order chi connectivity index (χ1) is 25.6. The number of carbonyl (C=O) groups excluding carboxylic acids is 5. The number of thioether (sulfide) groups is 1. The minimum atomic E-state index is -1.21. The maximum absolute atomic E-state index is 14.9. The van der Waals surface area contributed by atoms with Crippen molar-refractivity contribution in [1.82, 2.24) is 25.8 Å². The number of benzene rings is 1. The lowest BCUT2D eigenvalue weighted by molar-refractivity contribution is -0.452. The Bertz CT molecular complexity index is 1650. The van der Waals surface area contributed by atoms with Gasteiger partial charge >= 0.3 is 11.9 Å². The van der Waals surface area contributed by atoms with E-state index in [0.29, 0.717) is 38.8 Å². The number of aliphatic hydroxyl groups is 1. The number of terminal acetylenes is 1. The Morgan fingerprint density at radius 2 is 1.80 bits per heavy atom. The largest absolute Gasteiger partial charge is 0.457 e. The molecule has 5 N–H and O–H groups in total. The molecular weight excluding hydrogens is 705 g/mol. The molecule has 5 amide bonds. The van der Waals surface area contributed by atoms with E-state index in [1.165, 1.54) is 11.0 Å². The molecule has 0 radical (unpaired) electrons. The first-order valence-corrected chi connectivity index (χ1v) is 19.8. The number of ketones is 1. The van der Waals surface area contributed by atoms with E-state index in [1.807, 2.05) is 65.0 Å². The van der Waals surface area contributed by atoms with Crippen molar-refractivity contribution in [3.63, 3.8) is 0 Å². The number of hydrogen-bond acceptors (Lipinski definition) is 6. The van der Waals surface area contributed by atoms with Crippen molar-refractivity contribution in [2.24, 2.45) is 17.3 Å². The van der Waals surface area contributed by atoms with E-state index in [0.717, 1.165) is 41.3 Å². The molecule has 4 rings (SSSR count). The number of urea groups is 1. The Morgan fingerprint density at radius 1 is 1.11 bits per heavy atom. The van der Waals surface area contributed by atoms with Crippen LogP contribution in [-0.4, -0.2) is 106 Å². The molecule has 2 fully saturated rings. The van der Waals surface area contributed by atoms with Crippen LogP contribution < -0.4 is 20.9 Å². The van der Waals surface area contributed by atoms with Crippen LogP contribution in [0.25, 0.3) is 0 Å². The Hall–Kier alpha value is -4.57. The summed E-state index contributed by atoms with van der Waals surface area (Å²) in [5.41, 5.74) is 2.83. The zero-order valence-corrected chi connectivity index (χ0v) is 33.1. The third-order valence-electron chi connectivity index (χ3n) is 10.3. The number of fused-ring (bicyclic) bond motifs is 1. The van der Waals surface area contributed by atoms with Gasteiger partial charge in [-0.25, -0.2) is 9.79 Å². The summed E-state index contributed by atoms with van der Waals surface area (Å²) < 4.78 is 0. The molecule has 0 bridgehead atoms. The van der Waals surface area contributed by atoms with Crippen molar-refractivity contribution in [2.45, 2.75) is 96.6 Å². The second-order valence-electron chi connectivity index (χ2n) is 15.8. The number of rotatable bonds is 15. The van der Waals surface area contributed by atoms with Crippen molar-refractivity contribution in [1.29, 1.82) is 0 Å². The van der Waals surface area contributed by atoms with E-state index in [4.69, 9.17) is 6.42 Å². The van der Waals surface area contributed by atoms with Gasteiger partial charge in [0.1, 0.15) is 17.5 Å². The summed E-state index contributed by atoms with van der Waals surface area (Å²) in [6, 6.07) is 5.10. The topological polar surface area (TPSA) is 162 Å². The summed E-state index contributed by atoms with van der Waals surface area (Å²) in [6.07, 6.45) is 12.7. The van der Waals surface area contributed by atoms with Crippen molar-refractivity contribution in [2.75, 3.05) is 31.9 Å². The molecule has 5 atom stereocenters. The average molecular weight is 762 g/mol. The lowest BCUT2D eigenvalue weighted by Gasteiger charge is -2.38. The minimum absolute atomic E-state index is 0.0708. The standard InChI is InChI=1S/C41H56N6O6S/c1-8-17-42-37(51)35(49)38(54-19-9-2)45-36(50)31-21-27(20-26(3)4)24-47(31)39(52)34(30-22-28-14-10-11-15-29(28)23-30)44-40(53)43-32(41(5,6)7)25-46-18-13-12-16-33(46)48/h2,8,10-11,14-15,20,27,30-32,34,38H,1,12-13,16-19,21-25H2,3-7H3,(H,42,51)(H,45,50)(H2,43,44,53)/p+1/t27-,31+,32-,34+,38?/m1/s1. The van der Waals surface area contributed by atoms with Gasteiger partial charge in [0.25, 0.3) is 5.78 Å². The molecule has 1 aliphatic carbocycles. The first kappa shape index (κ1) is 42.2. The first-order valence-electron chi connectivity index (χ1n) is 18.8. The lowest BCUT2D eigenvalue weighted by Crippen LogP contribution is -2.75. The molecule has 2 saturated heterocycles. The zero-order chi connectivity index (χ0) is 39.6. The molecular formula is C41H57N6O6S+. The summed E-state index contributed by atoms with van der Waals surface area (Å²) >= 11 is 0.978. The van der Waals surface area contributed by atoms with Crippen LogP contribution >= 0.6 is 11.8 Å². The molecule has 2 aliphatic heterocycles. The van der Waals surface area contributed by atoms with Crippen LogP contribution in [0.2, 0.25) is 0 Å². The number of carbonyl (C=O) groups is 5. The van der Waals surface area contributed by atoms with E-state index in [2.05, 4.69) is 33.4 Å². The number of hydrogen-bond donors (Lipinski definition) is 5. The average Bonchev–Trinajstić information content (AvgIpc) is 3.75. The van der Waals surface area contributed by atoms with Gasteiger partial charge in [-0.05, 0) is 80.4 Å². The monoisotopic (exact) mass is 761 g/mol. The van der Waals surface area contributed by atoms with Crippen molar-refractivity contribution >= 4 is 47.2 Å². The van der Waals surface area contributed by atoms with Crippen LogP contribution in [0.15, 0.2) is 48.6 Å². The van der Waals surface area contributed by atoms with Crippen LogP contribution in [0.1, 0.15) is 71.4 Å². The molecule has 1 aromatic rings. The van der Waals surface area contributed by atoms with Gasteiger partial charge in [0, 0.05) is 26.1 Å². The number of allylic oxidation sites excluding steroid dienone is 1. The van der Waals surface area contributed by atoms with Crippen molar-refractivity contribution < 1.29 is 34.1 Å². The van der Waals surface area contributed by atoms with Gasteiger partial charge in [-0.1, -0.05) is 69.2 Å². The van der Waals surface area contributed by atoms with Crippen LogP contribution in [0, 0.1) is 29.6 Å². The van der Waals surface area contributed by atoms with Crippen molar-refractivity contribution in [3.05, 3.63) is 59.7 Å². The summed E-state index contributed by atoms with van der Waals surface area (Å²) in [5.74, 6) is -0.196. The van der Waals surface area contributed by atoms with Crippen LogP contribution in [0.3, 0.4) is 0 Å². The molecule has 0 spiro atoms. The molecule has 1 unspecified atom stereocenters. The van der Waals surface area contributed by atoms with Crippen molar-refractivity contribution in [3.8, 4) is 12.3 Å². The molecule has 3 aliphatic rings. The highest BCUT2D eigenvalue weighted by Crippen LogP contribution is 2.33. The van der Waals surface area contributed by atoms with Gasteiger partial charge in [0.05, 0.1) is 11.8 Å². The third-order valence-corrected chi connectivity index (χ3v) is 11.3. The number of likely N-dealkylation sites (tertiary alicyclic amines) is 2. The highest BCUT2D eigenvalue weighted by atomic mass is 32.2. The van der Waals surface area contributed by atoms with E-state index in [9.17, 15) is 29.1 Å². The highest BCUT2D eigenvalue weighted by molar-refractivity contribution is 8.00. The minimum Gasteiger partial charge on any atom is -0.457 e. The van der Waals surface area contributed by atoms with Crippen LogP contribution in [-0.2, 0) is 32.0 Å². The third kappa shape index (κ3) is 11.2. The van der Waals surface area contributed by atoms with Gasteiger partial charge in [0.15, 0.2) is 6.54 Å². The smallest absolute Gasteiger partial charge is 0.406 e. The van der Waals surface area contributed by atoms with Gasteiger partial charge in [-0.15, -0.1) is 18.2 Å². The number of amides is 5. The van der Waals surface area contributed by atoms with Crippen LogP contribution in [0.5, 0.6) is 0 Å². The summed E-state index contributed by atoms with van der Waals surface area (Å²) in [6.45, 7) is 14.9. The molecule has 13 heteroatoms. The fourth-order valence-corrected chi connectivity index (χ4v) is 8.14. The molecule has 0 saturated carbocycles. The van der Waals surface area contributed by atoms with E-state index in [-0.39, 0.29) is 36.6 Å². The normalized spacial score (nSPS) is 20.6. The highest BCUT2D eigenvalue weighted by Gasteiger charge is 2.46. The predicted molar refractivity (Wildman–Crippen MR) is 211 cm³/mol. The Labute approximate surface area is 324 Å². The van der Waals surface area contributed by atoms with E-state index in [1.54, 1.807) is 4.90 Å². The Kier molecular flexibility index (Phi) is 15.0. The number of aliphatic hydroxyl groups excluding tert-OH is 1. The van der Waals surface area contributed by atoms with Crippen LogP contribution in [0.4, 0.5) is 4.79 Å². The predicted octanol–water partition coefficient (Wildman–Crippen LogP) is 2.28. The molecule has 1 aromatic carbocycles. The van der Waals surface area contributed by atoms with Gasteiger partial charge < -0.3 is 30.9 Å².